The minimum absolute atomic E-state index is 0.0663. The minimum Gasteiger partial charge on any atom is -0.369 e. The highest BCUT2D eigenvalue weighted by molar-refractivity contribution is 6.31. The molecule has 0 radical (unpaired) electrons. The second kappa shape index (κ2) is 9.48. The number of rotatable bonds is 6. The number of nitrogens with two attached hydrogens (primary N) is 2. The van der Waals surface area contributed by atoms with Crippen LogP contribution in [0.1, 0.15) is 16.7 Å². The number of nitrogens with zero attached hydrogens (tertiary/aromatic N) is 3. The molecule has 4 N–H and O–H groups in total. The van der Waals surface area contributed by atoms with Crippen molar-refractivity contribution in [2.45, 2.75) is 6.54 Å². The first kappa shape index (κ1) is 19.3. The summed E-state index contributed by atoms with van der Waals surface area (Å²) in [6.07, 6.45) is 3.46. The summed E-state index contributed by atoms with van der Waals surface area (Å²) in [4.78, 5) is 4.48. The first-order valence-corrected chi connectivity index (χ1v) is 9.05. The predicted molar refractivity (Wildman–Crippen MR) is 118 cm³/mol. The summed E-state index contributed by atoms with van der Waals surface area (Å²) in [5.41, 5.74) is 15.7. The highest BCUT2D eigenvalue weighted by Crippen LogP contribution is 2.20. The number of hydrogen-bond acceptors (Lipinski definition) is 3. The van der Waals surface area contributed by atoms with Crippen molar-refractivity contribution < 1.29 is 0 Å². The fourth-order valence-electron chi connectivity index (χ4n) is 2.56. The van der Waals surface area contributed by atoms with Crippen molar-refractivity contribution in [1.29, 1.82) is 0 Å². The molecule has 5 nitrogen and oxygen atoms in total. The Morgan fingerprint density at radius 3 is 1.93 bits per heavy atom. The number of halogens is 1. The maximum atomic E-state index is 6.15. The summed E-state index contributed by atoms with van der Waals surface area (Å²) in [6.45, 7) is 0.560. The van der Waals surface area contributed by atoms with Crippen LogP contribution in [0.3, 0.4) is 0 Å². The molecule has 0 amide bonds. The maximum Gasteiger partial charge on any atom is 0.211 e. The molecule has 3 aromatic carbocycles. The molecular weight excluding hydrogens is 370 g/mol. The monoisotopic (exact) mass is 389 g/mol. The third-order valence-corrected chi connectivity index (χ3v) is 4.36. The lowest BCUT2D eigenvalue weighted by Crippen LogP contribution is -2.21. The second-order valence-corrected chi connectivity index (χ2v) is 6.48. The molecule has 0 heterocycles. The van der Waals surface area contributed by atoms with Gasteiger partial charge in [0.2, 0.25) is 5.96 Å². The van der Waals surface area contributed by atoms with Crippen LogP contribution in [0, 0.1) is 0 Å². The molecule has 0 atom stereocenters. The number of aliphatic imine (C=N–C) groups is 1. The molecule has 0 unspecified atom stereocenters. The van der Waals surface area contributed by atoms with Crippen molar-refractivity contribution >= 4 is 30.0 Å². The van der Waals surface area contributed by atoms with Gasteiger partial charge >= 0.3 is 0 Å². The molecular formula is C22H20ClN5. The van der Waals surface area contributed by atoms with Gasteiger partial charge in [-0.2, -0.15) is 5.10 Å². The molecule has 0 saturated carbocycles. The fraction of sp³-hybridized carbons (Fsp3) is 0.0455. The van der Waals surface area contributed by atoms with Crippen molar-refractivity contribution in [3.05, 3.63) is 94.5 Å². The van der Waals surface area contributed by atoms with Gasteiger partial charge in [0.25, 0.3) is 0 Å². The molecule has 6 heteroatoms. The lowest BCUT2D eigenvalue weighted by molar-refractivity contribution is 1.08. The molecule has 0 aliphatic heterocycles. The Balaban J connectivity index is 1.64. The predicted octanol–water partition coefficient (Wildman–Crippen LogP) is 4.23. The van der Waals surface area contributed by atoms with Gasteiger partial charge in [-0.3, -0.25) is 4.99 Å². The first-order chi connectivity index (χ1) is 13.6. The van der Waals surface area contributed by atoms with Gasteiger partial charge in [-0.1, -0.05) is 78.3 Å². The van der Waals surface area contributed by atoms with Crippen LogP contribution in [0.5, 0.6) is 0 Å². The van der Waals surface area contributed by atoms with Crippen LogP contribution in [0.25, 0.3) is 11.1 Å². The third-order valence-electron chi connectivity index (χ3n) is 3.99. The molecule has 140 valence electrons. The van der Waals surface area contributed by atoms with Crippen molar-refractivity contribution in [3.8, 4) is 11.1 Å². The van der Waals surface area contributed by atoms with E-state index < -0.39 is 0 Å². The average molecular weight is 390 g/mol. The summed E-state index contributed by atoms with van der Waals surface area (Å²) in [6, 6.07) is 23.9. The number of hydrogen-bond donors (Lipinski definition) is 2. The van der Waals surface area contributed by atoms with E-state index in [4.69, 9.17) is 23.1 Å². The largest absolute Gasteiger partial charge is 0.369 e. The van der Waals surface area contributed by atoms with Gasteiger partial charge in [-0.25, -0.2) is 0 Å². The molecule has 0 bridgehead atoms. The van der Waals surface area contributed by atoms with E-state index in [0.717, 1.165) is 32.8 Å². The molecule has 0 aliphatic rings. The Kier molecular flexibility index (Phi) is 6.54. The van der Waals surface area contributed by atoms with E-state index in [1.54, 1.807) is 6.21 Å². The fourth-order valence-corrected chi connectivity index (χ4v) is 2.76. The van der Waals surface area contributed by atoms with Crippen LogP contribution in [0.2, 0.25) is 5.02 Å². The van der Waals surface area contributed by atoms with Crippen LogP contribution < -0.4 is 11.5 Å². The zero-order valence-corrected chi connectivity index (χ0v) is 15.9. The molecule has 0 saturated heterocycles. The SMILES string of the molecule is NC(N)=N/N=C/c1ccc(-c2ccc(C=NCc3ccccc3Cl)cc2)cc1. The second-order valence-electron chi connectivity index (χ2n) is 6.07. The molecule has 3 aromatic rings. The standard InChI is InChI=1S/C22H20ClN5/c23-21-4-2-1-3-20(21)15-26-13-16-5-9-18(10-6-16)19-11-7-17(8-12-19)14-27-28-22(24)25/h1-14H,15H2,(H4,24,25,28)/b26-13?,27-14+. The van der Waals surface area contributed by atoms with E-state index >= 15 is 0 Å². The van der Waals surface area contributed by atoms with E-state index in [2.05, 4.69) is 27.3 Å². The molecule has 3 rings (SSSR count). The maximum absolute atomic E-state index is 6.15. The Morgan fingerprint density at radius 2 is 1.36 bits per heavy atom. The van der Waals surface area contributed by atoms with E-state index in [1.807, 2.05) is 66.9 Å². The van der Waals surface area contributed by atoms with Gasteiger partial charge in [0.1, 0.15) is 0 Å². The lowest BCUT2D eigenvalue weighted by Gasteiger charge is -2.03. The topological polar surface area (TPSA) is 89.1 Å². The summed E-state index contributed by atoms with van der Waals surface area (Å²) >= 11 is 6.15. The van der Waals surface area contributed by atoms with Gasteiger partial charge in [0.15, 0.2) is 0 Å². The van der Waals surface area contributed by atoms with Crippen molar-refractivity contribution in [2.24, 2.45) is 26.7 Å². The minimum atomic E-state index is -0.0663. The highest BCUT2D eigenvalue weighted by Gasteiger charge is 1.99. The zero-order valence-electron chi connectivity index (χ0n) is 15.2. The highest BCUT2D eigenvalue weighted by atomic mass is 35.5. The van der Waals surface area contributed by atoms with Gasteiger partial charge in [0, 0.05) is 11.2 Å². The van der Waals surface area contributed by atoms with Crippen LogP contribution in [-0.4, -0.2) is 18.4 Å². The lowest BCUT2D eigenvalue weighted by atomic mass is 10.0. The molecule has 0 aromatic heterocycles. The summed E-state index contributed by atoms with van der Waals surface area (Å²) < 4.78 is 0. The van der Waals surface area contributed by atoms with Crippen molar-refractivity contribution in [2.75, 3.05) is 0 Å². The Bertz CT molecular complexity index is 1000. The van der Waals surface area contributed by atoms with Crippen molar-refractivity contribution in [1.82, 2.24) is 0 Å². The van der Waals surface area contributed by atoms with E-state index in [1.165, 1.54) is 0 Å². The van der Waals surface area contributed by atoms with Crippen LogP contribution in [0.15, 0.2) is 88.0 Å². The number of benzene rings is 3. The van der Waals surface area contributed by atoms with Crippen LogP contribution in [-0.2, 0) is 6.54 Å². The summed E-state index contributed by atoms with van der Waals surface area (Å²) in [7, 11) is 0. The molecule has 28 heavy (non-hydrogen) atoms. The van der Waals surface area contributed by atoms with Crippen LogP contribution in [0.4, 0.5) is 0 Å². The summed E-state index contributed by atoms with van der Waals surface area (Å²) in [5.74, 6) is -0.0663. The zero-order chi connectivity index (χ0) is 19.8. The van der Waals surface area contributed by atoms with Gasteiger partial charge in [-0.05, 0) is 33.9 Å². The Labute approximate surface area is 169 Å². The average Bonchev–Trinajstić information content (AvgIpc) is 2.70. The normalized spacial score (nSPS) is 11.2. The van der Waals surface area contributed by atoms with Crippen LogP contribution >= 0.6 is 11.6 Å². The van der Waals surface area contributed by atoms with Gasteiger partial charge in [0.05, 0.1) is 12.8 Å². The van der Waals surface area contributed by atoms with Gasteiger partial charge < -0.3 is 11.5 Å². The van der Waals surface area contributed by atoms with E-state index in [-0.39, 0.29) is 5.96 Å². The molecule has 0 spiro atoms. The quantitative estimate of drug-likeness (QED) is 0.375. The van der Waals surface area contributed by atoms with E-state index in [9.17, 15) is 0 Å². The summed E-state index contributed by atoms with van der Waals surface area (Å²) in [5, 5.41) is 8.12. The Hall–Kier alpha value is -3.44. The van der Waals surface area contributed by atoms with Gasteiger partial charge in [-0.15, -0.1) is 5.10 Å². The first-order valence-electron chi connectivity index (χ1n) is 8.67. The van der Waals surface area contributed by atoms with E-state index in [0.29, 0.717) is 6.54 Å². The van der Waals surface area contributed by atoms with Crippen molar-refractivity contribution in [3.63, 3.8) is 0 Å². The molecule has 0 aliphatic carbocycles. The smallest absolute Gasteiger partial charge is 0.211 e. The number of guanidine groups is 1. The molecule has 0 fully saturated rings. The third kappa shape index (κ3) is 5.53. The Morgan fingerprint density at radius 1 is 0.786 bits per heavy atom.